The van der Waals surface area contributed by atoms with E-state index in [2.05, 4.69) is 32.2 Å². The number of phenolic OH excluding ortho intramolecular Hbond substituents is 1. The van der Waals surface area contributed by atoms with Gasteiger partial charge in [-0.15, -0.1) is 24.8 Å². The zero-order chi connectivity index (χ0) is 16.2. The van der Waals surface area contributed by atoms with Crippen LogP contribution in [0.3, 0.4) is 0 Å². The number of halogens is 3. The first-order chi connectivity index (χ1) is 11.2. The Balaban J connectivity index is 0.00000156. The summed E-state index contributed by atoms with van der Waals surface area (Å²) in [6, 6.07) is 5.86. The maximum Gasteiger partial charge on any atom is 0.134 e. The number of nitrogens with zero attached hydrogens (tertiary/aromatic N) is 2. The Hall–Kier alpha value is -0.550. The van der Waals surface area contributed by atoms with Crippen LogP contribution in [0.25, 0.3) is 0 Å². The van der Waals surface area contributed by atoms with Crippen LogP contribution in [0.4, 0.5) is 0 Å². The molecule has 0 radical (unpaired) electrons. The van der Waals surface area contributed by atoms with E-state index in [1.165, 1.54) is 0 Å². The van der Waals surface area contributed by atoms with Crippen molar-refractivity contribution < 1.29 is 9.84 Å². The number of rotatable bonds is 3. The highest BCUT2D eigenvalue weighted by molar-refractivity contribution is 9.10. The summed E-state index contributed by atoms with van der Waals surface area (Å²) in [5.74, 6) is 0.701. The SMILES string of the molecule is Cl.Cl.N#Cc1cc(Br)c(O)c([C@H](C2CCOCC2)N2CCNCC2)c1. The first kappa shape index (κ1) is 22.5. The smallest absolute Gasteiger partial charge is 0.134 e. The second-order valence-electron chi connectivity index (χ2n) is 6.19. The molecule has 0 saturated carbocycles. The molecule has 0 spiro atoms. The fraction of sp³-hybridized carbons (Fsp3) is 0.588. The highest BCUT2D eigenvalue weighted by Crippen LogP contribution is 2.42. The van der Waals surface area contributed by atoms with Gasteiger partial charge in [-0.3, -0.25) is 4.90 Å². The van der Waals surface area contributed by atoms with Crippen LogP contribution in [0, 0.1) is 17.2 Å². The van der Waals surface area contributed by atoms with E-state index in [-0.39, 0.29) is 36.6 Å². The van der Waals surface area contributed by atoms with Crippen molar-refractivity contribution >= 4 is 40.7 Å². The van der Waals surface area contributed by atoms with Crippen LogP contribution in [0.15, 0.2) is 16.6 Å². The maximum atomic E-state index is 10.6. The van der Waals surface area contributed by atoms with Gasteiger partial charge in [0.05, 0.1) is 16.1 Å². The molecule has 0 bridgehead atoms. The van der Waals surface area contributed by atoms with Crippen LogP contribution in [0.2, 0.25) is 0 Å². The minimum absolute atomic E-state index is 0. The van der Waals surface area contributed by atoms with Gasteiger partial charge in [0.15, 0.2) is 0 Å². The molecule has 1 aromatic rings. The molecule has 0 unspecified atom stereocenters. The Bertz CT molecular complexity index is 582. The van der Waals surface area contributed by atoms with Gasteiger partial charge in [-0.25, -0.2) is 0 Å². The van der Waals surface area contributed by atoms with Gasteiger partial charge in [0.25, 0.3) is 0 Å². The number of benzene rings is 1. The average Bonchev–Trinajstić information content (AvgIpc) is 2.60. The standard InChI is InChI=1S/C17H22BrN3O2.2ClH/c18-15-10-12(11-19)9-14(17(15)22)16(13-1-7-23-8-2-13)21-5-3-20-4-6-21;;/h9-10,13,16,20,22H,1-8H2;2*1H/t16-;;/m0../s1. The fourth-order valence-corrected chi connectivity index (χ4v) is 4.13. The normalized spacial score (nSPS) is 20.0. The largest absolute Gasteiger partial charge is 0.506 e. The second kappa shape index (κ2) is 10.6. The van der Waals surface area contributed by atoms with E-state index in [0.717, 1.165) is 57.8 Å². The summed E-state index contributed by atoms with van der Waals surface area (Å²) in [4.78, 5) is 2.44. The zero-order valence-corrected chi connectivity index (χ0v) is 17.1. The van der Waals surface area contributed by atoms with Crippen LogP contribution in [0.5, 0.6) is 5.75 Å². The van der Waals surface area contributed by atoms with Crippen molar-refractivity contribution in [3.63, 3.8) is 0 Å². The van der Waals surface area contributed by atoms with Gasteiger partial charge in [0.2, 0.25) is 0 Å². The molecule has 1 aromatic carbocycles. The molecular formula is C17H24BrCl2N3O2. The Labute approximate surface area is 169 Å². The number of nitrogens with one attached hydrogen (secondary N) is 1. The molecule has 0 aromatic heterocycles. The van der Waals surface area contributed by atoms with Gasteiger partial charge in [-0.2, -0.15) is 5.26 Å². The summed E-state index contributed by atoms with van der Waals surface area (Å²) in [5, 5.41) is 23.3. The molecule has 25 heavy (non-hydrogen) atoms. The lowest BCUT2D eigenvalue weighted by molar-refractivity contribution is 0.0206. The lowest BCUT2D eigenvalue weighted by Gasteiger charge is -2.41. The fourth-order valence-electron chi connectivity index (χ4n) is 3.65. The predicted molar refractivity (Wildman–Crippen MR) is 106 cm³/mol. The van der Waals surface area contributed by atoms with Crippen LogP contribution in [0.1, 0.15) is 30.0 Å². The van der Waals surface area contributed by atoms with E-state index in [4.69, 9.17) is 4.74 Å². The van der Waals surface area contributed by atoms with E-state index in [1.807, 2.05) is 6.07 Å². The number of phenols is 1. The molecule has 140 valence electrons. The molecular weight excluding hydrogens is 429 g/mol. The van der Waals surface area contributed by atoms with E-state index in [1.54, 1.807) is 6.07 Å². The summed E-state index contributed by atoms with van der Waals surface area (Å²) >= 11 is 3.40. The molecule has 8 heteroatoms. The van der Waals surface area contributed by atoms with Gasteiger partial charge in [-0.1, -0.05) is 0 Å². The van der Waals surface area contributed by atoms with E-state index >= 15 is 0 Å². The summed E-state index contributed by atoms with van der Waals surface area (Å²) in [5.41, 5.74) is 1.45. The van der Waals surface area contributed by atoms with Gasteiger partial charge in [0, 0.05) is 51.0 Å². The van der Waals surface area contributed by atoms with Crippen molar-refractivity contribution in [2.75, 3.05) is 39.4 Å². The Morgan fingerprint density at radius 2 is 1.88 bits per heavy atom. The quantitative estimate of drug-likeness (QED) is 0.736. The van der Waals surface area contributed by atoms with Gasteiger partial charge >= 0.3 is 0 Å². The minimum Gasteiger partial charge on any atom is -0.506 e. The third kappa shape index (κ3) is 5.22. The Kier molecular flexibility index (Phi) is 9.50. The number of aromatic hydroxyl groups is 1. The van der Waals surface area contributed by atoms with Gasteiger partial charge in [-0.05, 0) is 46.8 Å². The molecule has 3 rings (SSSR count). The molecule has 0 aliphatic carbocycles. The Morgan fingerprint density at radius 3 is 2.48 bits per heavy atom. The van der Waals surface area contributed by atoms with Crippen LogP contribution < -0.4 is 5.32 Å². The molecule has 2 saturated heterocycles. The highest BCUT2D eigenvalue weighted by Gasteiger charge is 2.33. The second-order valence-corrected chi connectivity index (χ2v) is 7.04. The molecule has 2 N–H and O–H groups in total. The molecule has 2 heterocycles. The van der Waals surface area contributed by atoms with Gasteiger partial charge in [0.1, 0.15) is 5.75 Å². The lowest BCUT2D eigenvalue weighted by Crippen LogP contribution is -2.47. The zero-order valence-electron chi connectivity index (χ0n) is 13.9. The summed E-state index contributed by atoms with van der Waals surface area (Å²) < 4.78 is 6.11. The van der Waals surface area contributed by atoms with E-state index in [0.29, 0.717) is 16.0 Å². The molecule has 2 aliphatic rings. The van der Waals surface area contributed by atoms with Crippen molar-refractivity contribution in [2.24, 2.45) is 5.92 Å². The summed E-state index contributed by atoms with van der Waals surface area (Å²) in [6.45, 7) is 5.37. The summed E-state index contributed by atoms with van der Waals surface area (Å²) in [6.07, 6.45) is 1.98. The lowest BCUT2D eigenvalue weighted by atomic mass is 9.84. The third-order valence-corrected chi connectivity index (χ3v) is 5.40. The molecule has 2 fully saturated rings. The van der Waals surface area contributed by atoms with Gasteiger partial charge < -0.3 is 15.2 Å². The number of hydrogen-bond acceptors (Lipinski definition) is 5. The number of ether oxygens (including phenoxy) is 1. The minimum atomic E-state index is 0. The monoisotopic (exact) mass is 451 g/mol. The third-order valence-electron chi connectivity index (χ3n) is 4.80. The topological polar surface area (TPSA) is 68.5 Å². The molecule has 5 nitrogen and oxygen atoms in total. The van der Waals surface area contributed by atoms with Crippen LogP contribution in [-0.2, 0) is 4.74 Å². The molecule has 1 atom stereocenters. The predicted octanol–water partition coefficient (Wildman–Crippen LogP) is 3.24. The number of nitriles is 1. The number of piperazine rings is 1. The van der Waals surface area contributed by atoms with Crippen molar-refractivity contribution in [3.05, 3.63) is 27.7 Å². The van der Waals surface area contributed by atoms with Crippen molar-refractivity contribution in [2.45, 2.75) is 18.9 Å². The van der Waals surface area contributed by atoms with Crippen molar-refractivity contribution in [3.8, 4) is 11.8 Å². The summed E-state index contributed by atoms with van der Waals surface area (Å²) in [7, 11) is 0. The van der Waals surface area contributed by atoms with Crippen molar-refractivity contribution in [1.82, 2.24) is 10.2 Å². The maximum absolute atomic E-state index is 10.6. The van der Waals surface area contributed by atoms with E-state index < -0.39 is 0 Å². The van der Waals surface area contributed by atoms with Crippen LogP contribution in [-0.4, -0.2) is 49.4 Å². The van der Waals surface area contributed by atoms with Crippen LogP contribution >= 0.6 is 40.7 Å². The first-order valence-corrected chi connectivity index (χ1v) is 8.95. The molecule has 2 aliphatic heterocycles. The number of hydrogen-bond donors (Lipinski definition) is 2. The molecule has 0 amide bonds. The Morgan fingerprint density at radius 1 is 1.24 bits per heavy atom. The van der Waals surface area contributed by atoms with Crippen molar-refractivity contribution in [1.29, 1.82) is 5.26 Å². The first-order valence-electron chi connectivity index (χ1n) is 8.15. The average molecular weight is 453 g/mol. The highest BCUT2D eigenvalue weighted by atomic mass is 79.9. The van der Waals surface area contributed by atoms with E-state index in [9.17, 15) is 10.4 Å².